The first-order valence-electron chi connectivity index (χ1n) is 5.86. The van der Waals surface area contributed by atoms with Crippen LogP contribution in [0.2, 0.25) is 0 Å². The quantitative estimate of drug-likeness (QED) is 0.646. The van der Waals surface area contributed by atoms with Crippen LogP contribution in [0.5, 0.6) is 5.75 Å². The molecule has 0 atom stereocenters. The average Bonchev–Trinajstić information content (AvgIpc) is 2.13. The van der Waals surface area contributed by atoms with Crippen molar-refractivity contribution in [3.05, 3.63) is 29.3 Å². The Morgan fingerprint density at radius 2 is 1.92 bits per heavy atom. The van der Waals surface area contributed by atoms with E-state index in [1.165, 1.54) is 7.11 Å². The minimum Gasteiger partial charge on any atom is -0.496 e. The fourth-order valence-corrected chi connectivity index (χ4v) is 1.03. The Morgan fingerprint density at radius 1 is 1.31 bits per heavy atom. The van der Waals surface area contributed by atoms with Crippen LogP contribution >= 0.6 is 0 Å². The summed E-state index contributed by atoms with van der Waals surface area (Å²) in [5, 5.41) is 0. The normalized spacial score (nSPS) is 14.7. The van der Waals surface area contributed by atoms with Crippen molar-refractivity contribution in [1.82, 2.24) is 0 Å². The summed E-state index contributed by atoms with van der Waals surface area (Å²) in [5.74, 6) is 0.408. The molecule has 0 bridgehead atoms. The molecule has 0 amide bonds. The molecule has 1 aromatic rings. The lowest BCUT2D eigenvalue weighted by Crippen LogP contribution is -2.11. The second-order valence-electron chi connectivity index (χ2n) is 4.16. The predicted octanol–water partition coefficient (Wildman–Crippen LogP) is 3.30. The van der Waals surface area contributed by atoms with Gasteiger partial charge in [0.1, 0.15) is 5.75 Å². The van der Waals surface area contributed by atoms with Gasteiger partial charge in [0.15, 0.2) is 0 Å². The smallest absolute Gasteiger partial charge is 0.122 e. The van der Waals surface area contributed by atoms with Crippen LogP contribution < -0.4 is 4.74 Å². The van der Waals surface area contributed by atoms with Crippen molar-refractivity contribution in [3.8, 4) is 5.75 Å². The number of hydrogen-bond donors (Lipinski definition) is 0. The Balaban J connectivity index is 3.69. The van der Waals surface area contributed by atoms with Crippen LogP contribution in [0.4, 0.5) is 0 Å². The molecule has 0 N–H and O–H groups in total. The van der Waals surface area contributed by atoms with Crippen molar-refractivity contribution < 1.29 is 8.85 Å². The third kappa shape index (κ3) is 2.24. The monoisotopic (exact) mass is 181 g/mol. The van der Waals surface area contributed by atoms with Gasteiger partial charge in [-0.1, -0.05) is 32.9 Å². The van der Waals surface area contributed by atoms with Crippen molar-refractivity contribution in [2.45, 2.75) is 33.1 Å². The fraction of sp³-hybridized carbons (Fsp3) is 0.500. The molecule has 1 aromatic carbocycles. The minimum absolute atomic E-state index is 0.135. The summed E-state index contributed by atoms with van der Waals surface area (Å²) in [6.45, 7) is 7.52. The summed E-state index contributed by atoms with van der Waals surface area (Å²) in [6.07, 6.45) is 0. The molecule has 1 heteroatoms. The maximum absolute atomic E-state index is 8.05. The molecule has 0 unspecified atom stereocenters. The van der Waals surface area contributed by atoms with Gasteiger partial charge in [-0.25, -0.2) is 0 Å². The average molecular weight is 181 g/mol. The molecule has 0 saturated carbocycles. The van der Waals surface area contributed by atoms with E-state index < -0.39 is 0 Å². The largest absolute Gasteiger partial charge is 0.496 e. The van der Waals surface area contributed by atoms with E-state index in [2.05, 4.69) is 0 Å². The minimum atomic E-state index is -0.328. The van der Waals surface area contributed by atoms with Crippen LogP contribution in [0.15, 0.2) is 18.1 Å². The third-order valence-electron chi connectivity index (χ3n) is 1.91. The number of hydrogen-bond acceptors (Lipinski definition) is 1. The van der Waals surface area contributed by atoms with Gasteiger partial charge in [-0.05, 0) is 29.5 Å². The van der Waals surface area contributed by atoms with Crippen molar-refractivity contribution >= 4 is 0 Å². The zero-order valence-corrected chi connectivity index (χ0v) is 8.91. The van der Waals surface area contributed by atoms with Gasteiger partial charge in [0.2, 0.25) is 0 Å². The molecule has 0 heterocycles. The molecule has 0 spiro atoms. The molecule has 0 saturated heterocycles. The number of benzene rings is 1. The van der Waals surface area contributed by atoms with Gasteiger partial charge in [0, 0.05) is 0 Å². The Bertz CT molecular complexity index is 419. The van der Waals surface area contributed by atoms with Gasteiger partial charge in [0.05, 0.1) is 11.2 Å². The Labute approximate surface area is 84.9 Å². The van der Waals surface area contributed by atoms with Crippen LogP contribution in [0.1, 0.15) is 36.0 Å². The van der Waals surface area contributed by atoms with Crippen molar-refractivity contribution in [2.24, 2.45) is 0 Å². The van der Waals surface area contributed by atoms with Gasteiger partial charge < -0.3 is 4.74 Å². The van der Waals surface area contributed by atoms with E-state index in [0.29, 0.717) is 16.9 Å². The van der Waals surface area contributed by atoms with Gasteiger partial charge in [-0.15, -0.1) is 0 Å². The lowest BCUT2D eigenvalue weighted by atomic mass is 9.86. The molecule has 1 rings (SSSR count). The molecular formula is C12H18O. The van der Waals surface area contributed by atoms with Gasteiger partial charge in [-0.2, -0.15) is 0 Å². The Kier molecular flexibility index (Phi) is 1.70. The molecule has 0 fully saturated rings. The summed E-state index contributed by atoms with van der Waals surface area (Å²) in [7, 11) is 1.50. The van der Waals surface area contributed by atoms with Crippen molar-refractivity contribution in [3.63, 3.8) is 0 Å². The summed E-state index contributed by atoms with van der Waals surface area (Å²) >= 11 is 0. The highest BCUT2D eigenvalue weighted by Crippen LogP contribution is 2.27. The lowest BCUT2D eigenvalue weighted by molar-refractivity contribution is 0.409. The highest BCUT2D eigenvalue weighted by molar-refractivity contribution is 5.39. The topological polar surface area (TPSA) is 9.23 Å². The summed E-state index contributed by atoms with van der Waals surface area (Å²) in [5.41, 5.74) is 0.802. The Morgan fingerprint density at radius 3 is 2.38 bits per heavy atom. The van der Waals surface area contributed by atoms with E-state index in [9.17, 15) is 0 Å². The zero-order chi connectivity index (χ0) is 12.7. The summed E-state index contributed by atoms with van der Waals surface area (Å²) in [6, 6.07) is 0.516. The standard InChI is InChI=1S/C12H18O/c1-9-6-7-10(12(2,3)4)8-11(9)13-5/h6-8H,1-5H3/i6D,7D,8D. The van der Waals surface area contributed by atoms with Crippen LogP contribution in [-0.2, 0) is 5.41 Å². The zero-order valence-electron chi connectivity index (χ0n) is 11.9. The molecule has 0 aliphatic carbocycles. The maximum atomic E-state index is 8.05. The van der Waals surface area contributed by atoms with Crippen LogP contribution in [0.25, 0.3) is 0 Å². The van der Waals surface area contributed by atoms with E-state index >= 15 is 0 Å². The first-order chi connectivity index (χ1) is 7.21. The van der Waals surface area contributed by atoms with Gasteiger partial charge in [-0.3, -0.25) is 0 Å². The van der Waals surface area contributed by atoms with Crippen LogP contribution in [-0.4, -0.2) is 7.11 Å². The fourth-order valence-electron chi connectivity index (χ4n) is 1.03. The molecule has 0 aliphatic rings. The third-order valence-corrected chi connectivity index (χ3v) is 1.91. The maximum Gasteiger partial charge on any atom is 0.122 e. The second kappa shape index (κ2) is 3.41. The van der Waals surface area contributed by atoms with E-state index in [1.807, 2.05) is 20.8 Å². The predicted molar refractivity (Wildman–Crippen MR) is 56.4 cm³/mol. The number of rotatable bonds is 1. The molecule has 0 aromatic heterocycles. The van der Waals surface area contributed by atoms with E-state index in [1.54, 1.807) is 6.92 Å². The first kappa shape index (κ1) is 6.47. The molecule has 0 aliphatic heterocycles. The highest BCUT2D eigenvalue weighted by atomic mass is 16.5. The lowest BCUT2D eigenvalue weighted by Gasteiger charge is -2.20. The van der Waals surface area contributed by atoms with Crippen LogP contribution in [0, 0.1) is 6.92 Å². The van der Waals surface area contributed by atoms with Crippen molar-refractivity contribution in [1.29, 1.82) is 0 Å². The van der Waals surface area contributed by atoms with Gasteiger partial charge >= 0.3 is 0 Å². The summed E-state index contributed by atoms with van der Waals surface area (Å²) in [4.78, 5) is 0. The molecule has 1 nitrogen and oxygen atoms in total. The number of methoxy groups -OCH3 is 1. The van der Waals surface area contributed by atoms with E-state index in [0.717, 1.165) is 0 Å². The highest BCUT2D eigenvalue weighted by Gasteiger charge is 2.14. The molecule has 72 valence electrons. The molecular weight excluding hydrogens is 160 g/mol. The van der Waals surface area contributed by atoms with Crippen molar-refractivity contribution in [2.75, 3.05) is 7.11 Å². The second-order valence-corrected chi connectivity index (χ2v) is 4.16. The van der Waals surface area contributed by atoms with Crippen LogP contribution in [0.3, 0.4) is 0 Å². The molecule has 0 radical (unpaired) electrons. The SMILES string of the molecule is [2H]c1c([2H])c(C(C)(C)C)c([2H])c(OC)c1C. The van der Waals surface area contributed by atoms with Gasteiger partial charge in [0.25, 0.3) is 0 Å². The molecule has 13 heavy (non-hydrogen) atoms. The number of ether oxygens (including phenoxy) is 1. The van der Waals surface area contributed by atoms with E-state index in [4.69, 9.17) is 8.85 Å². The Hall–Kier alpha value is -0.980. The summed E-state index contributed by atoms with van der Waals surface area (Å²) < 4.78 is 29.0. The first-order valence-corrected chi connectivity index (χ1v) is 4.36. The van der Waals surface area contributed by atoms with E-state index in [-0.39, 0.29) is 23.5 Å².